The molecular formula is C28H24NOP. The van der Waals surface area contributed by atoms with Gasteiger partial charge in [0.25, 0.3) is 0 Å². The van der Waals surface area contributed by atoms with E-state index in [9.17, 15) is 0 Å². The van der Waals surface area contributed by atoms with Crippen LogP contribution in [-0.4, -0.2) is 11.7 Å². The first-order valence-electron chi connectivity index (χ1n) is 10.8. The first kappa shape index (κ1) is 18.8. The lowest BCUT2D eigenvalue weighted by Gasteiger charge is -2.30. The summed E-state index contributed by atoms with van der Waals surface area (Å²) in [6, 6.07) is 33.7. The molecule has 3 heteroatoms. The summed E-state index contributed by atoms with van der Waals surface area (Å²) in [5, 5.41) is 3.22. The predicted molar refractivity (Wildman–Crippen MR) is 130 cm³/mol. The second kappa shape index (κ2) is 7.05. The summed E-state index contributed by atoms with van der Waals surface area (Å²) >= 11 is 0. The normalized spacial score (nSPS) is 27.2. The Kier molecular flexibility index (Phi) is 4.28. The van der Waals surface area contributed by atoms with Crippen LogP contribution in [-0.2, 0) is 4.57 Å². The van der Waals surface area contributed by atoms with Gasteiger partial charge in [-0.1, -0.05) is 103 Å². The van der Waals surface area contributed by atoms with Crippen LogP contribution < -0.4 is 5.30 Å². The van der Waals surface area contributed by atoms with Gasteiger partial charge in [0.1, 0.15) is 0 Å². The summed E-state index contributed by atoms with van der Waals surface area (Å²) in [7, 11) is -0.898. The molecule has 1 unspecified atom stereocenters. The smallest absolute Gasteiger partial charge is 0.187 e. The zero-order chi connectivity index (χ0) is 21.0. The molecule has 4 aromatic carbocycles. The van der Waals surface area contributed by atoms with E-state index in [0.29, 0.717) is 0 Å². The van der Waals surface area contributed by atoms with E-state index in [1.54, 1.807) is 0 Å². The molecule has 2 nitrogen and oxygen atoms in total. The zero-order valence-electron chi connectivity index (χ0n) is 17.4. The highest BCUT2D eigenvalue weighted by Crippen LogP contribution is 2.75. The fraction of sp³-hybridized carbons (Fsp3) is 0.143. The van der Waals surface area contributed by atoms with Gasteiger partial charge < -0.3 is 4.57 Å². The number of hydrogen-bond donors (Lipinski definition) is 0. The molecule has 4 aromatic rings. The van der Waals surface area contributed by atoms with E-state index in [0.717, 1.165) is 16.1 Å². The molecule has 1 heterocycles. The van der Waals surface area contributed by atoms with Gasteiger partial charge in [0, 0.05) is 17.3 Å². The quantitative estimate of drug-likeness (QED) is 0.331. The SMILES string of the molecule is CN1[C@@H](c2ccccc2)[C@H]2C=Cc3ccccc3[C@@H]2P1(=O)c1cccc2ccccc12. The van der Waals surface area contributed by atoms with Crippen molar-refractivity contribution in [2.75, 3.05) is 7.05 Å². The molecule has 1 fully saturated rings. The van der Waals surface area contributed by atoms with E-state index >= 15 is 4.57 Å². The average molecular weight is 421 g/mol. The Bertz CT molecular complexity index is 1350. The third kappa shape index (κ3) is 2.65. The van der Waals surface area contributed by atoms with Crippen LogP contribution in [0.5, 0.6) is 0 Å². The minimum Gasteiger partial charge on any atom is -0.301 e. The zero-order valence-corrected chi connectivity index (χ0v) is 18.3. The Labute approximate surface area is 183 Å². The molecule has 0 saturated carbocycles. The van der Waals surface area contributed by atoms with Gasteiger partial charge in [0.05, 0.1) is 5.66 Å². The molecule has 0 aromatic heterocycles. The third-order valence-electron chi connectivity index (χ3n) is 7.04. The third-order valence-corrected chi connectivity index (χ3v) is 10.7. The summed E-state index contributed by atoms with van der Waals surface area (Å²) in [6.45, 7) is 0. The summed E-state index contributed by atoms with van der Waals surface area (Å²) in [5.41, 5.74) is 3.56. The van der Waals surface area contributed by atoms with Crippen LogP contribution in [0.3, 0.4) is 0 Å². The molecular weight excluding hydrogens is 397 g/mol. The van der Waals surface area contributed by atoms with Crippen molar-refractivity contribution in [3.63, 3.8) is 0 Å². The van der Waals surface area contributed by atoms with Gasteiger partial charge in [0.15, 0.2) is 7.29 Å². The van der Waals surface area contributed by atoms with Crippen molar-refractivity contribution in [2.24, 2.45) is 5.92 Å². The maximum Gasteiger partial charge on any atom is 0.187 e. The van der Waals surface area contributed by atoms with Crippen molar-refractivity contribution in [1.82, 2.24) is 4.67 Å². The molecule has 2 aliphatic rings. The van der Waals surface area contributed by atoms with Crippen LogP contribution in [0.2, 0.25) is 0 Å². The summed E-state index contributed by atoms with van der Waals surface area (Å²) < 4.78 is 17.6. The minimum absolute atomic E-state index is 0.0605. The number of fused-ring (bicyclic) bond motifs is 4. The first-order valence-corrected chi connectivity index (χ1v) is 12.6. The van der Waals surface area contributed by atoms with Crippen LogP contribution in [0.1, 0.15) is 28.4 Å². The Balaban J connectivity index is 1.65. The second-order valence-electron chi connectivity index (χ2n) is 8.56. The lowest BCUT2D eigenvalue weighted by molar-refractivity contribution is 0.357. The Morgan fingerprint density at radius 1 is 0.774 bits per heavy atom. The van der Waals surface area contributed by atoms with Gasteiger partial charge in [-0.25, -0.2) is 4.67 Å². The van der Waals surface area contributed by atoms with Gasteiger partial charge >= 0.3 is 0 Å². The van der Waals surface area contributed by atoms with E-state index < -0.39 is 7.29 Å². The topological polar surface area (TPSA) is 20.3 Å². The Morgan fingerprint density at radius 2 is 1.48 bits per heavy atom. The van der Waals surface area contributed by atoms with Crippen molar-refractivity contribution >= 4 is 29.4 Å². The molecule has 0 bridgehead atoms. The minimum atomic E-state index is -2.96. The van der Waals surface area contributed by atoms with Crippen molar-refractivity contribution < 1.29 is 4.57 Å². The molecule has 0 radical (unpaired) electrons. The van der Waals surface area contributed by atoms with E-state index in [4.69, 9.17) is 0 Å². The monoisotopic (exact) mass is 421 g/mol. The highest BCUT2D eigenvalue weighted by molar-refractivity contribution is 7.70. The fourth-order valence-electron chi connectivity index (χ4n) is 5.68. The number of benzene rings is 4. The van der Waals surface area contributed by atoms with E-state index in [1.807, 2.05) is 6.07 Å². The molecule has 1 saturated heterocycles. The maximum atomic E-state index is 15.4. The van der Waals surface area contributed by atoms with Gasteiger partial charge in [-0.3, -0.25) is 0 Å². The largest absolute Gasteiger partial charge is 0.301 e. The molecule has 0 spiro atoms. The molecule has 6 rings (SSSR count). The van der Waals surface area contributed by atoms with Crippen molar-refractivity contribution in [3.8, 4) is 0 Å². The summed E-state index contributed by atoms with van der Waals surface area (Å²) in [4.78, 5) is 0. The highest BCUT2D eigenvalue weighted by Gasteiger charge is 2.57. The molecule has 1 aliphatic heterocycles. The molecule has 152 valence electrons. The number of nitrogens with zero attached hydrogens (tertiary/aromatic N) is 1. The predicted octanol–water partition coefficient (Wildman–Crippen LogP) is 6.81. The average Bonchev–Trinajstić information content (AvgIpc) is 3.07. The number of hydrogen-bond acceptors (Lipinski definition) is 1. The van der Waals surface area contributed by atoms with E-state index in [-0.39, 0.29) is 17.6 Å². The molecule has 4 atom stereocenters. The van der Waals surface area contributed by atoms with Crippen LogP contribution in [0.15, 0.2) is 103 Å². The fourth-order valence-corrected chi connectivity index (χ4v) is 9.56. The van der Waals surface area contributed by atoms with E-state index in [2.05, 4.69) is 115 Å². The lowest BCUT2D eigenvalue weighted by atomic mass is 9.82. The number of rotatable bonds is 2. The Hall–Kier alpha value is -2.93. The first-order chi connectivity index (χ1) is 15.2. The van der Waals surface area contributed by atoms with Crippen molar-refractivity contribution in [3.05, 3.63) is 120 Å². The maximum absolute atomic E-state index is 15.4. The van der Waals surface area contributed by atoms with Gasteiger partial charge in [-0.15, -0.1) is 0 Å². The molecule has 31 heavy (non-hydrogen) atoms. The summed E-state index contributed by atoms with van der Waals surface area (Å²) in [6.07, 6.45) is 4.52. The Morgan fingerprint density at radius 3 is 2.35 bits per heavy atom. The molecule has 1 aliphatic carbocycles. The van der Waals surface area contributed by atoms with Crippen LogP contribution >= 0.6 is 7.29 Å². The van der Waals surface area contributed by atoms with Gasteiger partial charge in [0.2, 0.25) is 0 Å². The molecule has 0 N–H and O–H groups in total. The van der Waals surface area contributed by atoms with Gasteiger partial charge in [-0.05, 0) is 40.6 Å². The summed E-state index contributed by atoms with van der Waals surface area (Å²) in [5.74, 6) is 0.159. The van der Waals surface area contributed by atoms with E-state index in [1.165, 1.54) is 16.7 Å². The van der Waals surface area contributed by atoms with Gasteiger partial charge in [-0.2, -0.15) is 0 Å². The van der Waals surface area contributed by atoms with Crippen LogP contribution in [0.4, 0.5) is 0 Å². The van der Waals surface area contributed by atoms with Crippen molar-refractivity contribution in [1.29, 1.82) is 0 Å². The van der Waals surface area contributed by atoms with Crippen molar-refractivity contribution in [2.45, 2.75) is 11.7 Å². The standard InChI is InChI=1S/C28H24NOP/c1-29-27(22-12-3-2-4-13-22)25-19-18-21-11-6-8-16-24(21)28(25)31(29,30)26-17-9-14-20-10-5-7-15-23(20)26/h2-19,25,27-28H,1H3/t25-,27+,28+,31?/m1/s1. The van der Waals surface area contributed by atoms with Crippen LogP contribution in [0.25, 0.3) is 16.8 Å². The highest BCUT2D eigenvalue weighted by atomic mass is 31.2. The molecule has 0 amide bonds. The van der Waals surface area contributed by atoms with Crippen LogP contribution in [0, 0.1) is 5.92 Å². The second-order valence-corrected chi connectivity index (χ2v) is 11.5. The lowest BCUT2D eigenvalue weighted by Crippen LogP contribution is -2.22.